The summed E-state index contributed by atoms with van der Waals surface area (Å²) in [7, 11) is -2.45. The van der Waals surface area contributed by atoms with Gasteiger partial charge in [0.25, 0.3) is 10.0 Å². The number of hydrogen-bond acceptors (Lipinski definition) is 5. The minimum atomic E-state index is -4.04. The summed E-state index contributed by atoms with van der Waals surface area (Å²) in [6.45, 7) is 4.03. The van der Waals surface area contributed by atoms with Crippen LogP contribution in [0.1, 0.15) is 18.1 Å². The van der Waals surface area contributed by atoms with Crippen molar-refractivity contribution in [3.05, 3.63) is 83.9 Å². The molecule has 3 rings (SSSR count). The molecule has 174 valence electrons. The van der Waals surface area contributed by atoms with Crippen molar-refractivity contribution in [1.82, 2.24) is 0 Å². The van der Waals surface area contributed by atoms with Crippen LogP contribution in [0.5, 0.6) is 5.75 Å². The van der Waals surface area contributed by atoms with Gasteiger partial charge in [0.15, 0.2) is 0 Å². The lowest BCUT2D eigenvalue weighted by Gasteiger charge is -2.26. The first-order valence-corrected chi connectivity index (χ1v) is 12.0. The average molecular weight is 469 g/mol. The SMILES string of the molecule is CCOc1ccccc1N(CC(=O)Nc1cccc(COC)c1)S(=O)(=O)c1ccc(C)cc1. The lowest BCUT2D eigenvalue weighted by molar-refractivity contribution is -0.114. The Morgan fingerprint density at radius 3 is 2.42 bits per heavy atom. The molecule has 0 saturated heterocycles. The van der Waals surface area contributed by atoms with Gasteiger partial charge in [0.1, 0.15) is 12.3 Å². The number of rotatable bonds is 10. The van der Waals surface area contributed by atoms with Crippen molar-refractivity contribution in [2.75, 3.05) is 29.9 Å². The summed E-state index contributed by atoms with van der Waals surface area (Å²) in [5, 5.41) is 2.78. The number of ether oxygens (including phenoxy) is 2. The fourth-order valence-corrected chi connectivity index (χ4v) is 4.75. The number of methoxy groups -OCH3 is 1. The first-order chi connectivity index (χ1) is 15.8. The first-order valence-electron chi connectivity index (χ1n) is 10.5. The van der Waals surface area contributed by atoms with Gasteiger partial charge in [-0.3, -0.25) is 9.10 Å². The molecular formula is C25H28N2O5S. The molecule has 0 bridgehead atoms. The average Bonchev–Trinajstić information content (AvgIpc) is 2.79. The van der Waals surface area contributed by atoms with Crippen LogP contribution in [-0.2, 0) is 26.2 Å². The van der Waals surface area contributed by atoms with Crippen molar-refractivity contribution >= 4 is 27.3 Å². The van der Waals surface area contributed by atoms with Crippen molar-refractivity contribution in [3.8, 4) is 5.75 Å². The van der Waals surface area contributed by atoms with Crippen molar-refractivity contribution in [1.29, 1.82) is 0 Å². The Labute approximate surface area is 195 Å². The van der Waals surface area contributed by atoms with Crippen LogP contribution in [0, 0.1) is 6.92 Å². The summed E-state index contributed by atoms with van der Waals surface area (Å²) < 4.78 is 39.1. The summed E-state index contributed by atoms with van der Waals surface area (Å²) in [5.74, 6) is -0.0999. The van der Waals surface area contributed by atoms with Gasteiger partial charge in [-0.1, -0.05) is 42.0 Å². The predicted octanol–water partition coefficient (Wildman–Crippen LogP) is 4.37. The van der Waals surface area contributed by atoms with Crippen LogP contribution in [0.3, 0.4) is 0 Å². The standard InChI is InChI=1S/C25H28N2O5S/c1-4-32-24-11-6-5-10-23(24)27(33(29,30)22-14-12-19(2)13-15-22)17-25(28)26-21-9-7-8-20(16-21)18-31-3/h5-16H,4,17-18H2,1-3H3,(H,26,28). The highest BCUT2D eigenvalue weighted by molar-refractivity contribution is 7.92. The molecule has 0 heterocycles. The molecule has 0 aromatic heterocycles. The third-order valence-electron chi connectivity index (χ3n) is 4.85. The number of nitrogens with one attached hydrogen (secondary N) is 1. The summed E-state index contributed by atoms with van der Waals surface area (Å²) in [6, 6.07) is 20.5. The zero-order valence-electron chi connectivity index (χ0n) is 18.9. The molecule has 0 radical (unpaired) electrons. The third-order valence-corrected chi connectivity index (χ3v) is 6.63. The lowest BCUT2D eigenvalue weighted by atomic mass is 10.2. The fraction of sp³-hybridized carbons (Fsp3) is 0.240. The van der Waals surface area contributed by atoms with Gasteiger partial charge in [-0.2, -0.15) is 0 Å². The molecule has 8 heteroatoms. The quantitative estimate of drug-likeness (QED) is 0.478. The Bertz CT molecular complexity index is 1190. The Hall–Kier alpha value is -3.36. The molecule has 0 spiro atoms. The number of amides is 1. The van der Waals surface area contributed by atoms with Gasteiger partial charge in [0, 0.05) is 12.8 Å². The van der Waals surface area contributed by atoms with E-state index < -0.39 is 22.5 Å². The Morgan fingerprint density at radius 2 is 1.73 bits per heavy atom. The second-order valence-electron chi connectivity index (χ2n) is 7.41. The van der Waals surface area contributed by atoms with Gasteiger partial charge in [-0.15, -0.1) is 0 Å². The molecule has 1 N–H and O–H groups in total. The molecular weight excluding hydrogens is 440 g/mol. The molecule has 1 amide bonds. The number of anilines is 2. The van der Waals surface area contributed by atoms with Crippen molar-refractivity contribution in [3.63, 3.8) is 0 Å². The van der Waals surface area contributed by atoms with Gasteiger partial charge in [0.05, 0.1) is 23.8 Å². The molecule has 0 atom stereocenters. The Balaban J connectivity index is 1.96. The monoisotopic (exact) mass is 468 g/mol. The van der Waals surface area contributed by atoms with Crippen molar-refractivity contribution in [2.24, 2.45) is 0 Å². The highest BCUT2D eigenvalue weighted by Crippen LogP contribution is 2.32. The highest BCUT2D eigenvalue weighted by Gasteiger charge is 2.29. The van der Waals surface area contributed by atoms with Gasteiger partial charge in [-0.25, -0.2) is 8.42 Å². The summed E-state index contributed by atoms with van der Waals surface area (Å²) >= 11 is 0. The molecule has 33 heavy (non-hydrogen) atoms. The molecule has 0 saturated carbocycles. The maximum Gasteiger partial charge on any atom is 0.264 e. The smallest absolute Gasteiger partial charge is 0.264 e. The van der Waals surface area contributed by atoms with Crippen LogP contribution in [0.15, 0.2) is 77.7 Å². The van der Waals surface area contributed by atoms with E-state index in [1.807, 2.05) is 19.9 Å². The molecule has 3 aromatic rings. The van der Waals surface area contributed by atoms with Gasteiger partial charge in [-0.05, 0) is 55.8 Å². The van der Waals surface area contributed by atoms with E-state index in [2.05, 4.69) is 5.32 Å². The Morgan fingerprint density at radius 1 is 1.00 bits per heavy atom. The number of aryl methyl sites for hydroxylation is 1. The van der Waals surface area contributed by atoms with Crippen molar-refractivity contribution < 1.29 is 22.7 Å². The molecule has 0 unspecified atom stereocenters. The lowest BCUT2D eigenvalue weighted by Crippen LogP contribution is -2.38. The van der Waals surface area contributed by atoms with E-state index in [1.54, 1.807) is 61.7 Å². The molecule has 3 aromatic carbocycles. The van der Waals surface area contributed by atoms with E-state index in [9.17, 15) is 13.2 Å². The van der Waals surface area contributed by atoms with Gasteiger partial charge in [0.2, 0.25) is 5.91 Å². The van der Waals surface area contributed by atoms with Gasteiger partial charge >= 0.3 is 0 Å². The van der Waals surface area contributed by atoms with E-state index in [0.717, 1.165) is 15.4 Å². The second kappa shape index (κ2) is 11.0. The number of hydrogen-bond donors (Lipinski definition) is 1. The molecule has 7 nitrogen and oxygen atoms in total. The number of sulfonamides is 1. The third kappa shape index (κ3) is 6.12. The van der Waals surface area contributed by atoms with Crippen molar-refractivity contribution in [2.45, 2.75) is 25.3 Å². The summed E-state index contributed by atoms with van der Waals surface area (Å²) in [4.78, 5) is 13.1. The minimum Gasteiger partial charge on any atom is -0.492 e. The summed E-state index contributed by atoms with van der Waals surface area (Å²) in [6.07, 6.45) is 0. The van der Waals surface area contributed by atoms with Crippen LogP contribution >= 0.6 is 0 Å². The molecule has 0 aliphatic heterocycles. The normalized spacial score (nSPS) is 11.1. The molecule has 0 aliphatic rings. The number of nitrogens with zero attached hydrogens (tertiary/aromatic N) is 1. The Kier molecular flexibility index (Phi) is 8.08. The molecule has 0 aliphatic carbocycles. The van der Waals surface area contributed by atoms with E-state index in [1.165, 1.54) is 12.1 Å². The fourth-order valence-electron chi connectivity index (χ4n) is 3.31. The zero-order valence-corrected chi connectivity index (χ0v) is 19.8. The highest BCUT2D eigenvalue weighted by atomic mass is 32.2. The minimum absolute atomic E-state index is 0.0919. The first kappa shape index (κ1) is 24.3. The van der Waals surface area contributed by atoms with E-state index in [4.69, 9.17) is 9.47 Å². The number of para-hydroxylation sites is 2. The van der Waals surface area contributed by atoms with E-state index in [0.29, 0.717) is 30.3 Å². The summed E-state index contributed by atoms with van der Waals surface area (Å²) in [5.41, 5.74) is 2.67. The topological polar surface area (TPSA) is 84.9 Å². The van der Waals surface area contributed by atoms with Crippen LogP contribution in [0.4, 0.5) is 11.4 Å². The number of carbonyl (C=O) groups excluding carboxylic acids is 1. The van der Waals surface area contributed by atoms with Crippen LogP contribution in [0.2, 0.25) is 0 Å². The van der Waals surface area contributed by atoms with E-state index >= 15 is 0 Å². The van der Waals surface area contributed by atoms with Gasteiger partial charge < -0.3 is 14.8 Å². The number of benzene rings is 3. The largest absolute Gasteiger partial charge is 0.492 e. The van der Waals surface area contributed by atoms with Crippen LogP contribution in [-0.4, -0.2) is 34.6 Å². The maximum absolute atomic E-state index is 13.6. The van der Waals surface area contributed by atoms with Crippen LogP contribution < -0.4 is 14.4 Å². The second-order valence-corrected chi connectivity index (χ2v) is 9.27. The van der Waals surface area contributed by atoms with E-state index in [-0.39, 0.29) is 4.90 Å². The maximum atomic E-state index is 13.6. The molecule has 0 fully saturated rings. The predicted molar refractivity (Wildman–Crippen MR) is 129 cm³/mol. The zero-order chi connectivity index (χ0) is 23.8. The number of carbonyl (C=O) groups is 1. The van der Waals surface area contributed by atoms with Crippen LogP contribution in [0.25, 0.3) is 0 Å².